The van der Waals surface area contributed by atoms with E-state index < -0.39 is 0 Å². The summed E-state index contributed by atoms with van der Waals surface area (Å²) in [6, 6.07) is 15.4. The molecule has 1 aromatic carbocycles. The minimum atomic E-state index is -0.370. The van der Waals surface area contributed by atoms with Gasteiger partial charge in [0.2, 0.25) is 0 Å². The third-order valence-electron chi connectivity index (χ3n) is 5.80. The lowest BCUT2D eigenvalue weighted by molar-refractivity contribution is 0.0949. The van der Waals surface area contributed by atoms with Gasteiger partial charge in [-0.2, -0.15) is 0 Å². The Balaban J connectivity index is 1.39. The van der Waals surface area contributed by atoms with Crippen LogP contribution in [0.2, 0.25) is 0 Å². The normalized spacial score (nSPS) is 15.1. The number of rotatable bonds is 7. The van der Waals surface area contributed by atoms with Crippen LogP contribution in [-0.2, 0) is 13.1 Å². The van der Waals surface area contributed by atoms with Gasteiger partial charge in [0.1, 0.15) is 5.56 Å². The van der Waals surface area contributed by atoms with Gasteiger partial charge in [0, 0.05) is 39.3 Å². The van der Waals surface area contributed by atoms with E-state index >= 15 is 0 Å². The molecule has 3 heterocycles. The van der Waals surface area contributed by atoms with Gasteiger partial charge in [0.15, 0.2) is 0 Å². The number of aromatic nitrogens is 1. The van der Waals surface area contributed by atoms with Gasteiger partial charge < -0.3 is 15.2 Å². The Labute approximate surface area is 186 Å². The van der Waals surface area contributed by atoms with Crippen LogP contribution in [0.5, 0.6) is 0 Å². The SMILES string of the molecule is CCN1CCN(Cc2ccccc2CNC(=O)c2ccc(-c3cccs3)[nH]c2=O)CC1. The van der Waals surface area contributed by atoms with Crippen LogP contribution < -0.4 is 10.9 Å². The highest BCUT2D eigenvalue weighted by atomic mass is 32.1. The molecule has 1 aliphatic heterocycles. The van der Waals surface area contributed by atoms with Crippen molar-refractivity contribution in [3.63, 3.8) is 0 Å². The molecule has 0 saturated carbocycles. The number of nitrogens with one attached hydrogen (secondary N) is 2. The number of benzene rings is 1. The molecule has 0 bridgehead atoms. The first-order valence-corrected chi connectivity index (χ1v) is 11.6. The predicted octanol–water partition coefficient (Wildman–Crippen LogP) is 3.17. The van der Waals surface area contributed by atoms with Gasteiger partial charge in [-0.3, -0.25) is 14.5 Å². The van der Waals surface area contributed by atoms with E-state index in [9.17, 15) is 9.59 Å². The molecule has 0 aliphatic carbocycles. The summed E-state index contributed by atoms with van der Waals surface area (Å²) in [5.74, 6) is -0.356. The van der Waals surface area contributed by atoms with Gasteiger partial charge in [0.25, 0.3) is 11.5 Å². The number of piperazine rings is 1. The van der Waals surface area contributed by atoms with Gasteiger partial charge in [-0.25, -0.2) is 0 Å². The number of likely N-dealkylation sites (N-methyl/N-ethyl adjacent to an activating group) is 1. The Kier molecular flexibility index (Phi) is 6.96. The van der Waals surface area contributed by atoms with Crippen molar-refractivity contribution in [3.8, 4) is 10.6 Å². The molecule has 0 radical (unpaired) electrons. The number of carbonyl (C=O) groups is 1. The highest BCUT2D eigenvalue weighted by Crippen LogP contribution is 2.21. The zero-order valence-electron chi connectivity index (χ0n) is 17.8. The number of carbonyl (C=O) groups excluding carboxylic acids is 1. The Hall–Kier alpha value is -2.74. The van der Waals surface area contributed by atoms with Gasteiger partial charge >= 0.3 is 0 Å². The third kappa shape index (κ3) is 5.31. The summed E-state index contributed by atoms with van der Waals surface area (Å²) < 4.78 is 0. The molecule has 0 atom stereocenters. The van der Waals surface area contributed by atoms with Gasteiger partial charge in [-0.15, -0.1) is 11.3 Å². The minimum Gasteiger partial charge on any atom is -0.348 e. The van der Waals surface area contributed by atoms with Crippen LogP contribution in [0.4, 0.5) is 0 Å². The van der Waals surface area contributed by atoms with Crippen LogP contribution in [0.1, 0.15) is 28.4 Å². The molecule has 2 aromatic heterocycles. The van der Waals surface area contributed by atoms with Crippen LogP contribution in [0.15, 0.2) is 58.7 Å². The molecule has 7 heteroatoms. The summed E-state index contributed by atoms with van der Waals surface area (Å²) in [7, 11) is 0. The van der Waals surface area contributed by atoms with Crippen molar-refractivity contribution >= 4 is 17.2 Å². The summed E-state index contributed by atoms with van der Waals surface area (Å²) in [5, 5.41) is 4.87. The molecule has 3 aromatic rings. The van der Waals surface area contributed by atoms with E-state index in [1.807, 2.05) is 35.7 Å². The smallest absolute Gasteiger partial charge is 0.261 e. The second-order valence-electron chi connectivity index (χ2n) is 7.75. The zero-order chi connectivity index (χ0) is 21.6. The summed E-state index contributed by atoms with van der Waals surface area (Å²) in [4.78, 5) is 33.8. The molecule has 1 saturated heterocycles. The maximum atomic E-state index is 12.7. The maximum Gasteiger partial charge on any atom is 0.261 e. The minimum absolute atomic E-state index is 0.133. The first-order chi connectivity index (χ1) is 15.1. The summed E-state index contributed by atoms with van der Waals surface area (Å²) >= 11 is 1.55. The highest BCUT2D eigenvalue weighted by molar-refractivity contribution is 7.13. The van der Waals surface area contributed by atoms with Crippen molar-refractivity contribution in [3.05, 3.63) is 81.0 Å². The Morgan fingerprint density at radius 3 is 2.42 bits per heavy atom. The molecule has 0 unspecified atom stereocenters. The number of thiophene rings is 1. The van der Waals surface area contributed by atoms with Crippen LogP contribution >= 0.6 is 11.3 Å². The largest absolute Gasteiger partial charge is 0.348 e. The van der Waals surface area contributed by atoms with E-state index in [2.05, 4.69) is 33.1 Å². The fourth-order valence-corrected chi connectivity index (χ4v) is 4.59. The number of pyridine rings is 1. The van der Waals surface area contributed by atoms with Crippen molar-refractivity contribution < 1.29 is 4.79 Å². The Morgan fingerprint density at radius 2 is 1.74 bits per heavy atom. The number of hydrogen-bond acceptors (Lipinski definition) is 5. The lowest BCUT2D eigenvalue weighted by atomic mass is 10.1. The van der Waals surface area contributed by atoms with Crippen LogP contribution in [0, 0.1) is 0 Å². The number of hydrogen-bond donors (Lipinski definition) is 2. The second kappa shape index (κ2) is 10.0. The number of nitrogens with zero attached hydrogens (tertiary/aromatic N) is 2. The van der Waals surface area contributed by atoms with Crippen molar-refractivity contribution in [1.82, 2.24) is 20.1 Å². The van der Waals surface area contributed by atoms with Crippen molar-refractivity contribution in [2.45, 2.75) is 20.0 Å². The van der Waals surface area contributed by atoms with E-state index in [-0.39, 0.29) is 17.0 Å². The fourth-order valence-electron chi connectivity index (χ4n) is 3.89. The average molecular weight is 437 g/mol. The lowest BCUT2D eigenvalue weighted by Crippen LogP contribution is -2.45. The fraction of sp³-hybridized carbons (Fsp3) is 0.333. The van der Waals surface area contributed by atoms with Crippen molar-refractivity contribution in [2.24, 2.45) is 0 Å². The van der Waals surface area contributed by atoms with E-state index in [1.54, 1.807) is 23.5 Å². The predicted molar refractivity (Wildman–Crippen MR) is 125 cm³/mol. The molecule has 1 fully saturated rings. The van der Waals surface area contributed by atoms with Crippen LogP contribution in [0.25, 0.3) is 10.6 Å². The van der Waals surface area contributed by atoms with Crippen LogP contribution in [0.3, 0.4) is 0 Å². The standard InChI is InChI=1S/C24H28N4O2S/c1-2-27-11-13-28(14-12-27)17-19-7-4-3-6-18(19)16-25-23(29)20-9-10-21(26-24(20)30)22-8-5-15-31-22/h3-10,15H,2,11-14,16-17H2,1H3,(H,25,29)(H,26,30). The quantitative estimate of drug-likeness (QED) is 0.597. The van der Waals surface area contributed by atoms with Gasteiger partial charge in [-0.05, 0) is 41.3 Å². The molecule has 0 spiro atoms. The highest BCUT2D eigenvalue weighted by Gasteiger charge is 2.17. The van der Waals surface area contributed by atoms with E-state index in [1.165, 1.54) is 5.56 Å². The molecule has 31 heavy (non-hydrogen) atoms. The Morgan fingerprint density at radius 1 is 1.00 bits per heavy atom. The molecular formula is C24H28N4O2S. The van der Waals surface area contributed by atoms with E-state index in [0.717, 1.165) is 55.4 Å². The molecule has 162 valence electrons. The maximum absolute atomic E-state index is 12.7. The molecule has 1 aliphatic rings. The molecule has 1 amide bonds. The lowest BCUT2D eigenvalue weighted by Gasteiger charge is -2.34. The summed E-state index contributed by atoms with van der Waals surface area (Å²) in [6.45, 7) is 8.88. The monoisotopic (exact) mass is 436 g/mol. The molecule has 6 nitrogen and oxygen atoms in total. The zero-order valence-corrected chi connectivity index (χ0v) is 18.6. The van der Waals surface area contributed by atoms with Crippen LogP contribution in [-0.4, -0.2) is 53.4 Å². The summed E-state index contributed by atoms with van der Waals surface area (Å²) in [6.07, 6.45) is 0. The molecule has 2 N–H and O–H groups in total. The first-order valence-electron chi connectivity index (χ1n) is 10.7. The second-order valence-corrected chi connectivity index (χ2v) is 8.70. The molecule has 4 rings (SSSR count). The van der Waals surface area contributed by atoms with Gasteiger partial charge in [-0.1, -0.05) is 37.3 Å². The number of amides is 1. The molecular weight excluding hydrogens is 408 g/mol. The first kappa shape index (κ1) is 21.5. The van der Waals surface area contributed by atoms with E-state index in [0.29, 0.717) is 6.54 Å². The summed E-state index contributed by atoms with van der Waals surface area (Å²) in [5.41, 5.74) is 2.79. The Bertz CT molecular complexity index is 1070. The van der Waals surface area contributed by atoms with Crippen molar-refractivity contribution in [2.75, 3.05) is 32.7 Å². The number of aromatic amines is 1. The van der Waals surface area contributed by atoms with E-state index in [4.69, 9.17) is 0 Å². The van der Waals surface area contributed by atoms with Gasteiger partial charge in [0.05, 0.1) is 10.6 Å². The topological polar surface area (TPSA) is 68.4 Å². The number of H-pyrrole nitrogens is 1. The average Bonchev–Trinajstić information content (AvgIpc) is 3.34. The van der Waals surface area contributed by atoms with Crippen molar-refractivity contribution in [1.29, 1.82) is 0 Å². The third-order valence-corrected chi connectivity index (χ3v) is 6.71.